The first-order valence-corrected chi connectivity index (χ1v) is 10.7. The van der Waals surface area contributed by atoms with Crippen LogP contribution in [-0.2, 0) is 9.53 Å². The van der Waals surface area contributed by atoms with Gasteiger partial charge in [0.25, 0.3) is 0 Å². The predicted octanol–water partition coefficient (Wildman–Crippen LogP) is 2.18. The lowest BCUT2D eigenvalue weighted by Crippen LogP contribution is -2.61. The number of hydrogen-bond donors (Lipinski definition) is 1. The molecule has 5 rings (SSSR count). The van der Waals surface area contributed by atoms with Gasteiger partial charge in [-0.05, 0) is 55.2 Å². The lowest BCUT2D eigenvalue weighted by molar-refractivity contribution is -0.140. The Morgan fingerprint density at radius 2 is 2.00 bits per heavy atom. The molecule has 0 aromatic heterocycles. The monoisotopic (exact) mass is 399 g/mol. The Balaban J connectivity index is 1.31. The van der Waals surface area contributed by atoms with Gasteiger partial charge in [-0.2, -0.15) is 0 Å². The van der Waals surface area contributed by atoms with Gasteiger partial charge in [0.2, 0.25) is 5.91 Å². The summed E-state index contributed by atoms with van der Waals surface area (Å²) >= 11 is 0. The highest BCUT2D eigenvalue weighted by atomic mass is 16.6. The molecular formula is C22H29N3O4. The molecule has 2 bridgehead atoms. The summed E-state index contributed by atoms with van der Waals surface area (Å²) in [5.41, 5.74) is 1.37. The summed E-state index contributed by atoms with van der Waals surface area (Å²) < 4.78 is 10.2. The maximum atomic E-state index is 12.9. The number of ether oxygens (including phenoxy) is 2. The first-order chi connectivity index (χ1) is 14.1. The van der Waals surface area contributed by atoms with Crippen molar-refractivity contribution >= 4 is 12.0 Å². The largest absolute Gasteiger partial charge is 0.497 e. The molecule has 4 aliphatic rings. The number of rotatable bonds is 3. The quantitative estimate of drug-likeness (QED) is 0.844. The van der Waals surface area contributed by atoms with Gasteiger partial charge in [-0.1, -0.05) is 12.1 Å². The Kier molecular flexibility index (Phi) is 4.86. The van der Waals surface area contributed by atoms with E-state index in [1.807, 2.05) is 4.90 Å². The van der Waals surface area contributed by atoms with E-state index in [1.54, 1.807) is 7.11 Å². The first kappa shape index (κ1) is 18.7. The zero-order valence-corrected chi connectivity index (χ0v) is 16.9. The van der Waals surface area contributed by atoms with Crippen molar-refractivity contribution < 1.29 is 19.1 Å². The molecule has 4 saturated heterocycles. The van der Waals surface area contributed by atoms with Crippen molar-refractivity contribution in [2.45, 2.75) is 43.8 Å². The molecule has 0 unspecified atom stereocenters. The van der Waals surface area contributed by atoms with Crippen molar-refractivity contribution in [3.8, 4) is 5.75 Å². The topological polar surface area (TPSA) is 71.1 Å². The van der Waals surface area contributed by atoms with Crippen LogP contribution in [0.4, 0.5) is 4.79 Å². The molecule has 1 aromatic rings. The van der Waals surface area contributed by atoms with Crippen LogP contribution in [0.15, 0.2) is 24.3 Å². The smallest absolute Gasteiger partial charge is 0.407 e. The number of alkyl carbamates (subject to hydrolysis) is 1. The van der Waals surface area contributed by atoms with E-state index in [0.29, 0.717) is 23.9 Å². The molecule has 4 aliphatic heterocycles. The highest BCUT2D eigenvalue weighted by Crippen LogP contribution is 2.44. The minimum Gasteiger partial charge on any atom is -0.497 e. The molecule has 7 nitrogen and oxygen atoms in total. The number of piperidine rings is 3. The van der Waals surface area contributed by atoms with Gasteiger partial charge in [-0.25, -0.2) is 4.79 Å². The third-order valence-electron chi connectivity index (χ3n) is 7.17. The molecule has 0 aliphatic carbocycles. The van der Waals surface area contributed by atoms with Gasteiger partial charge in [0.1, 0.15) is 18.4 Å². The summed E-state index contributed by atoms with van der Waals surface area (Å²) in [5.74, 6) is 1.91. The maximum absolute atomic E-state index is 12.9. The molecule has 0 saturated carbocycles. The third-order valence-corrected chi connectivity index (χ3v) is 7.17. The van der Waals surface area contributed by atoms with E-state index in [1.165, 1.54) is 31.2 Å². The Labute approximate surface area is 171 Å². The second-order valence-electron chi connectivity index (χ2n) is 8.88. The van der Waals surface area contributed by atoms with Crippen LogP contribution in [-0.4, -0.2) is 67.2 Å². The molecule has 7 heteroatoms. The maximum Gasteiger partial charge on any atom is 0.407 e. The number of nitrogens with one attached hydrogen (secondary N) is 1. The Bertz CT molecular complexity index is 783. The van der Waals surface area contributed by atoms with Crippen molar-refractivity contribution in [1.29, 1.82) is 0 Å². The van der Waals surface area contributed by atoms with Gasteiger partial charge >= 0.3 is 6.09 Å². The van der Waals surface area contributed by atoms with Crippen LogP contribution in [0.5, 0.6) is 5.75 Å². The number of methoxy groups -OCH3 is 1. The molecule has 1 N–H and O–H groups in total. The van der Waals surface area contributed by atoms with Gasteiger partial charge in [0.15, 0.2) is 0 Å². The third kappa shape index (κ3) is 3.45. The number of likely N-dealkylation sites (tertiary alicyclic amines) is 1. The summed E-state index contributed by atoms with van der Waals surface area (Å²) in [5, 5.41) is 2.64. The van der Waals surface area contributed by atoms with E-state index in [-0.39, 0.29) is 12.5 Å². The zero-order chi connectivity index (χ0) is 20.0. The summed E-state index contributed by atoms with van der Waals surface area (Å²) in [4.78, 5) is 28.9. The number of benzene rings is 1. The number of cyclic esters (lactones) is 1. The van der Waals surface area contributed by atoms with Gasteiger partial charge in [-0.3, -0.25) is 9.69 Å². The van der Waals surface area contributed by atoms with E-state index in [0.717, 1.165) is 25.4 Å². The van der Waals surface area contributed by atoms with E-state index in [2.05, 4.69) is 34.5 Å². The molecule has 29 heavy (non-hydrogen) atoms. The van der Waals surface area contributed by atoms with Crippen LogP contribution in [0, 0.1) is 11.8 Å². The minimum absolute atomic E-state index is 0.0153. The molecule has 0 radical (unpaired) electrons. The minimum atomic E-state index is -0.518. The second-order valence-corrected chi connectivity index (χ2v) is 8.88. The summed E-state index contributed by atoms with van der Waals surface area (Å²) in [7, 11) is 1.70. The highest BCUT2D eigenvalue weighted by Gasteiger charge is 2.46. The molecule has 4 fully saturated rings. The fourth-order valence-corrected chi connectivity index (χ4v) is 5.91. The van der Waals surface area contributed by atoms with E-state index >= 15 is 0 Å². The molecule has 5 atom stereocenters. The average Bonchev–Trinajstić information content (AvgIpc) is 3.19. The number of nitrogens with zero attached hydrogens (tertiary/aromatic N) is 2. The van der Waals surface area contributed by atoms with E-state index < -0.39 is 12.1 Å². The van der Waals surface area contributed by atoms with Crippen molar-refractivity contribution in [1.82, 2.24) is 15.1 Å². The number of carbonyl (C=O) groups is 2. The summed E-state index contributed by atoms with van der Waals surface area (Å²) in [6.45, 7) is 2.76. The van der Waals surface area contributed by atoms with Gasteiger partial charge in [0.05, 0.1) is 7.11 Å². The Morgan fingerprint density at radius 1 is 1.17 bits per heavy atom. The zero-order valence-electron chi connectivity index (χ0n) is 16.9. The average molecular weight is 399 g/mol. The predicted molar refractivity (Wildman–Crippen MR) is 107 cm³/mol. The van der Waals surface area contributed by atoms with Crippen LogP contribution < -0.4 is 10.1 Å². The standard InChI is InChI=1S/C22H29N3O4/c1-28-17-7-5-15(6-8-17)19-3-2-4-20-16-9-14(11-25(19)20)10-24(12-16)21(26)18-13-29-22(27)23-18/h5-8,14,16,18-20H,2-4,9-13H2,1H3,(H,23,27)/t14-,16+,18-,19+,20-/m0/s1. The van der Waals surface area contributed by atoms with E-state index in [4.69, 9.17) is 9.47 Å². The lowest BCUT2D eigenvalue weighted by Gasteiger charge is -2.55. The second kappa shape index (κ2) is 7.52. The van der Waals surface area contributed by atoms with Crippen molar-refractivity contribution in [3.05, 3.63) is 29.8 Å². The SMILES string of the molecule is COc1ccc([C@H]2CCC[C@H]3[C@@H]4C[C@@H](CN(C(=O)[C@@H]5COC(=O)N5)C4)CN23)cc1. The highest BCUT2D eigenvalue weighted by molar-refractivity contribution is 5.88. The van der Waals surface area contributed by atoms with Gasteiger partial charge in [0, 0.05) is 31.7 Å². The molecule has 156 valence electrons. The van der Waals surface area contributed by atoms with Gasteiger partial charge < -0.3 is 19.7 Å². The van der Waals surface area contributed by atoms with E-state index in [9.17, 15) is 9.59 Å². The summed E-state index contributed by atoms with van der Waals surface area (Å²) in [6, 6.07) is 8.98. The Morgan fingerprint density at radius 3 is 2.72 bits per heavy atom. The lowest BCUT2D eigenvalue weighted by atomic mass is 9.74. The molecular weight excluding hydrogens is 370 g/mol. The van der Waals surface area contributed by atoms with Crippen LogP contribution in [0.2, 0.25) is 0 Å². The van der Waals surface area contributed by atoms with Gasteiger partial charge in [-0.15, -0.1) is 0 Å². The number of carbonyl (C=O) groups excluding carboxylic acids is 2. The summed E-state index contributed by atoms with van der Waals surface area (Å²) in [6.07, 6.45) is 4.33. The first-order valence-electron chi connectivity index (χ1n) is 10.7. The normalized spacial score (nSPS) is 34.2. The number of hydrogen-bond acceptors (Lipinski definition) is 5. The molecule has 4 heterocycles. The van der Waals surface area contributed by atoms with Crippen LogP contribution in [0.25, 0.3) is 0 Å². The number of amides is 2. The van der Waals surface area contributed by atoms with Crippen molar-refractivity contribution in [3.63, 3.8) is 0 Å². The van der Waals surface area contributed by atoms with Crippen LogP contribution in [0.3, 0.4) is 0 Å². The number of fused-ring (bicyclic) bond motifs is 4. The fraction of sp³-hybridized carbons (Fsp3) is 0.636. The Hall–Kier alpha value is -2.28. The van der Waals surface area contributed by atoms with Crippen LogP contribution in [0.1, 0.15) is 37.3 Å². The van der Waals surface area contributed by atoms with Crippen LogP contribution >= 0.6 is 0 Å². The molecule has 2 amide bonds. The van der Waals surface area contributed by atoms with Crippen molar-refractivity contribution in [2.75, 3.05) is 33.4 Å². The van der Waals surface area contributed by atoms with Crippen molar-refractivity contribution in [2.24, 2.45) is 11.8 Å². The molecule has 0 spiro atoms. The fourth-order valence-electron chi connectivity index (χ4n) is 5.91. The molecule has 1 aromatic carbocycles.